The van der Waals surface area contributed by atoms with Crippen molar-refractivity contribution in [3.8, 4) is 0 Å². The van der Waals surface area contributed by atoms with Crippen molar-refractivity contribution in [2.45, 2.75) is 78.8 Å². The van der Waals surface area contributed by atoms with E-state index in [0.717, 1.165) is 25.4 Å². The molecular formula is C18H33N3. The average molecular weight is 291 g/mol. The quantitative estimate of drug-likeness (QED) is 0.783. The molecule has 1 aliphatic carbocycles. The van der Waals surface area contributed by atoms with Crippen molar-refractivity contribution in [2.75, 3.05) is 6.54 Å². The number of nitrogens with one attached hydrogen (secondary N) is 1. The van der Waals surface area contributed by atoms with Crippen molar-refractivity contribution >= 4 is 0 Å². The second-order valence-electron chi connectivity index (χ2n) is 7.29. The van der Waals surface area contributed by atoms with Crippen molar-refractivity contribution in [3.63, 3.8) is 0 Å². The number of aromatic nitrogens is 2. The maximum Gasteiger partial charge on any atom is 0.110 e. The van der Waals surface area contributed by atoms with Crippen LogP contribution in [0.5, 0.6) is 0 Å². The van der Waals surface area contributed by atoms with Crippen LogP contribution in [0.1, 0.15) is 65.6 Å². The van der Waals surface area contributed by atoms with Gasteiger partial charge in [0.05, 0.1) is 0 Å². The maximum absolute atomic E-state index is 4.62. The Kier molecular flexibility index (Phi) is 5.86. The first-order chi connectivity index (χ1) is 10.1. The van der Waals surface area contributed by atoms with Gasteiger partial charge in [0.1, 0.15) is 5.82 Å². The molecule has 2 atom stereocenters. The highest BCUT2D eigenvalue weighted by Crippen LogP contribution is 2.44. The van der Waals surface area contributed by atoms with Crippen molar-refractivity contribution in [1.29, 1.82) is 0 Å². The molecule has 1 aromatic rings. The lowest BCUT2D eigenvalue weighted by atomic mass is 9.76. The number of aryl methyl sites for hydroxylation is 1. The lowest BCUT2D eigenvalue weighted by molar-refractivity contribution is 0.193. The fourth-order valence-corrected chi connectivity index (χ4v) is 3.96. The summed E-state index contributed by atoms with van der Waals surface area (Å²) in [5, 5.41) is 3.82. The van der Waals surface area contributed by atoms with Gasteiger partial charge in [-0.2, -0.15) is 0 Å². The number of rotatable bonds is 8. The number of hydrogen-bond acceptors (Lipinski definition) is 2. The Hall–Kier alpha value is -0.830. The normalized spacial score (nSPS) is 22.6. The summed E-state index contributed by atoms with van der Waals surface area (Å²) < 4.78 is 2.34. The lowest BCUT2D eigenvalue weighted by Crippen LogP contribution is -2.43. The van der Waals surface area contributed by atoms with Crippen molar-refractivity contribution in [3.05, 3.63) is 18.2 Å². The summed E-state index contributed by atoms with van der Waals surface area (Å²) in [6.45, 7) is 11.6. The zero-order chi connectivity index (χ0) is 15.3. The zero-order valence-corrected chi connectivity index (χ0v) is 14.4. The monoisotopic (exact) mass is 291 g/mol. The molecular weight excluding hydrogens is 258 g/mol. The third kappa shape index (κ3) is 4.09. The van der Waals surface area contributed by atoms with E-state index in [0.29, 0.717) is 11.5 Å². The minimum Gasteiger partial charge on any atom is -0.335 e. The van der Waals surface area contributed by atoms with Gasteiger partial charge >= 0.3 is 0 Å². The summed E-state index contributed by atoms with van der Waals surface area (Å²) in [6.07, 6.45) is 11.6. The first-order valence-electron chi connectivity index (χ1n) is 8.82. The van der Waals surface area contributed by atoms with Crippen LogP contribution in [-0.2, 0) is 13.0 Å². The molecule has 0 bridgehead atoms. The Balaban J connectivity index is 2.10. The predicted octanol–water partition coefficient (Wildman–Crippen LogP) is 4.03. The molecule has 1 N–H and O–H groups in total. The third-order valence-corrected chi connectivity index (χ3v) is 5.15. The van der Waals surface area contributed by atoms with Gasteiger partial charge in [0.15, 0.2) is 0 Å². The molecule has 3 heteroatoms. The highest BCUT2D eigenvalue weighted by Gasteiger charge is 2.39. The fraction of sp³-hybridized carbons (Fsp3) is 0.833. The largest absolute Gasteiger partial charge is 0.335 e. The topological polar surface area (TPSA) is 29.9 Å². The second-order valence-corrected chi connectivity index (χ2v) is 7.29. The van der Waals surface area contributed by atoms with E-state index in [9.17, 15) is 0 Å². The fourth-order valence-electron chi connectivity index (χ4n) is 3.96. The summed E-state index contributed by atoms with van der Waals surface area (Å²) in [7, 11) is 0. The molecule has 1 aliphatic rings. The molecule has 1 saturated carbocycles. The Morgan fingerprint density at radius 3 is 2.81 bits per heavy atom. The maximum atomic E-state index is 4.62. The van der Waals surface area contributed by atoms with Crippen LogP contribution in [0.3, 0.4) is 0 Å². The molecule has 3 nitrogen and oxygen atoms in total. The highest BCUT2D eigenvalue weighted by molar-refractivity contribution is 5.01. The Morgan fingerprint density at radius 1 is 1.38 bits per heavy atom. The summed E-state index contributed by atoms with van der Waals surface area (Å²) in [5.74, 6) is 2.03. The minimum atomic E-state index is 0.466. The van der Waals surface area contributed by atoms with Gasteiger partial charge in [0.25, 0.3) is 0 Å². The van der Waals surface area contributed by atoms with Crippen LogP contribution in [0.2, 0.25) is 0 Å². The average Bonchev–Trinajstić information content (AvgIpc) is 3.01. The van der Waals surface area contributed by atoms with Gasteiger partial charge in [0, 0.05) is 31.4 Å². The molecule has 0 spiro atoms. The van der Waals surface area contributed by atoms with E-state index >= 15 is 0 Å². The van der Waals surface area contributed by atoms with Crippen LogP contribution >= 0.6 is 0 Å². The molecule has 1 aromatic heterocycles. The highest BCUT2D eigenvalue weighted by atomic mass is 15.1. The number of hydrogen-bond donors (Lipinski definition) is 1. The van der Waals surface area contributed by atoms with Gasteiger partial charge < -0.3 is 9.88 Å². The molecule has 0 aromatic carbocycles. The van der Waals surface area contributed by atoms with Crippen LogP contribution in [0.4, 0.5) is 0 Å². The molecule has 1 fully saturated rings. The zero-order valence-electron chi connectivity index (χ0n) is 14.4. The minimum absolute atomic E-state index is 0.466. The Bertz CT molecular complexity index is 422. The van der Waals surface area contributed by atoms with Gasteiger partial charge in [-0.25, -0.2) is 4.98 Å². The Labute approximate surface area is 130 Å². The summed E-state index contributed by atoms with van der Waals surface area (Å²) in [6, 6.07) is 0.570. The van der Waals surface area contributed by atoms with Crippen molar-refractivity contribution in [1.82, 2.24) is 14.9 Å². The van der Waals surface area contributed by atoms with Gasteiger partial charge in [-0.05, 0) is 43.6 Å². The van der Waals surface area contributed by atoms with E-state index < -0.39 is 0 Å². The number of imidazole rings is 1. The first-order valence-corrected chi connectivity index (χ1v) is 8.82. The summed E-state index contributed by atoms with van der Waals surface area (Å²) >= 11 is 0. The van der Waals surface area contributed by atoms with Crippen LogP contribution in [0.15, 0.2) is 12.4 Å². The molecule has 0 aliphatic heterocycles. The lowest BCUT2D eigenvalue weighted by Gasteiger charge is -2.35. The predicted molar refractivity (Wildman–Crippen MR) is 89.4 cm³/mol. The molecule has 2 rings (SSSR count). The summed E-state index contributed by atoms with van der Waals surface area (Å²) in [4.78, 5) is 4.62. The molecule has 120 valence electrons. The molecule has 2 unspecified atom stereocenters. The SMILES string of the molecule is CCCNC(Cc1nccn1CCC)C1CCCC1(C)C. The van der Waals surface area contributed by atoms with Crippen molar-refractivity contribution < 1.29 is 0 Å². The van der Waals surface area contributed by atoms with Crippen LogP contribution in [0, 0.1) is 11.3 Å². The van der Waals surface area contributed by atoms with Crippen LogP contribution < -0.4 is 5.32 Å². The molecule has 21 heavy (non-hydrogen) atoms. The third-order valence-electron chi connectivity index (χ3n) is 5.15. The summed E-state index contributed by atoms with van der Waals surface area (Å²) in [5.41, 5.74) is 0.466. The van der Waals surface area contributed by atoms with Crippen LogP contribution in [0.25, 0.3) is 0 Å². The van der Waals surface area contributed by atoms with Gasteiger partial charge in [-0.1, -0.05) is 34.1 Å². The van der Waals surface area contributed by atoms with Gasteiger partial charge in [-0.3, -0.25) is 0 Å². The smallest absolute Gasteiger partial charge is 0.110 e. The van der Waals surface area contributed by atoms with E-state index in [-0.39, 0.29) is 0 Å². The van der Waals surface area contributed by atoms with Crippen molar-refractivity contribution in [2.24, 2.45) is 11.3 Å². The standard InChI is InChI=1S/C18H33N3/c1-5-10-19-16(15-8-7-9-18(15,3)4)14-17-20-11-13-21(17)12-6-2/h11,13,15-16,19H,5-10,12,14H2,1-4H3. The van der Waals surface area contributed by atoms with E-state index in [1.54, 1.807) is 0 Å². The van der Waals surface area contributed by atoms with Gasteiger partial charge in [-0.15, -0.1) is 0 Å². The molecule has 0 amide bonds. The number of nitrogens with zero attached hydrogens (tertiary/aromatic N) is 2. The molecule has 0 radical (unpaired) electrons. The Morgan fingerprint density at radius 2 is 2.19 bits per heavy atom. The van der Waals surface area contributed by atoms with E-state index in [1.165, 1.54) is 37.9 Å². The van der Waals surface area contributed by atoms with E-state index in [2.05, 4.69) is 48.8 Å². The van der Waals surface area contributed by atoms with Crippen LogP contribution in [-0.4, -0.2) is 22.1 Å². The van der Waals surface area contributed by atoms with Gasteiger partial charge in [0.2, 0.25) is 0 Å². The molecule has 0 saturated heterocycles. The van der Waals surface area contributed by atoms with E-state index in [1.807, 2.05) is 6.20 Å². The van der Waals surface area contributed by atoms with E-state index in [4.69, 9.17) is 0 Å². The second kappa shape index (κ2) is 7.44. The molecule has 1 heterocycles. The first kappa shape index (κ1) is 16.5.